The molecule has 1 aliphatic rings. The third kappa shape index (κ3) is 4.74. The van der Waals surface area contributed by atoms with E-state index in [9.17, 15) is 0 Å². The van der Waals surface area contributed by atoms with Crippen LogP contribution in [-0.4, -0.2) is 39.0 Å². The molecule has 3 heteroatoms. The molecule has 0 aromatic heterocycles. The van der Waals surface area contributed by atoms with Crippen molar-refractivity contribution in [3.05, 3.63) is 12.2 Å². The van der Waals surface area contributed by atoms with Crippen molar-refractivity contribution >= 4 is 0 Å². The number of nitrogens with one attached hydrogen (secondary N) is 1. The molecule has 1 saturated heterocycles. The smallest absolute Gasteiger partial charge is 0.0690 e. The van der Waals surface area contributed by atoms with Gasteiger partial charge in [-0.1, -0.05) is 13.5 Å². The molecule has 0 aromatic carbocycles. The molecule has 14 heavy (non-hydrogen) atoms. The molecule has 0 aromatic rings. The van der Waals surface area contributed by atoms with Crippen LogP contribution in [0.15, 0.2) is 12.2 Å². The summed E-state index contributed by atoms with van der Waals surface area (Å²) in [6.07, 6.45) is 2.42. The third-order valence-electron chi connectivity index (χ3n) is 2.32. The Balaban J connectivity index is 2.03. The normalized spacial score (nSPS) is 18.4. The Labute approximate surface area is 86.5 Å². The summed E-state index contributed by atoms with van der Waals surface area (Å²) in [7, 11) is 0. The van der Waals surface area contributed by atoms with E-state index in [0.29, 0.717) is 12.7 Å². The fourth-order valence-corrected chi connectivity index (χ4v) is 1.43. The summed E-state index contributed by atoms with van der Waals surface area (Å²) in [5.74, 6) is 0. The molecule has 0 unspecified atom stereocenters. The van der Waals surface area contributed by atoms with Crippen molar-refractivity contribution in [1.29, 1.82) is 0 Å². The summed E-state index contributed by atoms with van der Waals surface area (Å²) in [4.78, 5) is 0. The second-order valence-electron chi connectivity index (χ2n) is 3.65. The molecule has 1 heterocycles. The number of likely N-dealkylation sites (N-methyl/N-ethyl adjacent to an activating group) is 1. The first-order valence-corrected chi connectivity index (χ1v) is 5.39. The molecule has 1 fully saturated rings. The van der Waals surface area contributed by atoms with Crippen molar-refractivity contribution in [3.63, 3.8) is 0 Å². The predicted molar refractivity (Wildman–Crippen MR) is 57.5 cm³/mol. The minimum absolute atomic E-state index is 0.377. The van der Waals surface area contributed by atoms with Gasteiger partial charge >= 0.3 is 0 Å². The molecular formula is C11H21NO2. The molecule has 0 spiro atoms. The van der Waals surface area contributed by atoms with Gasteiger partial charge in [0.25, 0.3) is 0 Å². The minimum atomic E-state index is 0.377. The largest absolute Gasteiger partial charge is 0.381 e. The van der Waals surface area contributed by atoms with Crippen molar-refractivity contribution in [1.82, 2.24) is 5.32 Å². The van der Waals surface area contributed by atoms with E-state index in [1.165, 1.54) is 0 Å². The molecule has 0 atom stereocenters. The van der Waals surface area contributed by atoms with Gasteiger partial charge in [-0.25, -0.2) is 0 Å². The first-order valence-electron chi connectivity index (χ1n) is 5.39. The van der Waals surface area contributed by atoms with E-state index in [4.69, 9.17) is 9.47 Å². The van der Waals surface area contributed by atoms with Gasteiger partial charge in [0.1, 0.15) is 0 Å². The van der Waals surface area contributed by atoms with Gasteiger partial charge in [0.15, 0.2) is 0 Å². The van der Waals surface area contributed by atoms with Crippen LogP contribution in [0.3, 0.4) is 0 Å². The average Bonchev–Trinajstić information content (AvgIpc) is 2.25. The van der Waals surface area contributed by atoms with Crippen LogP contribution in [0, 0.1) is 0 Å². The summed E-state index contributed by atoms with van der Waals surface area (Å²) >= 11 is 0. The topological polar surface area (TPSA) is 30.5 Å². The third-order valence-corrected chi connectivity index (χ3v) is 2.32. The molecule has 0 saturated carbocycles. The SMILES string of the molecule is C=C(CNCC)COC1CCOCC1. The van der Waals surface area contributed by atoms with Crippen molar-refractivity contribution in [2.75, 3.05) is 32.9 Å². The van der Waals surface area contributed by atoms with E-state index in [0.717, 1.165) is 44.7 Å². The van der Waals surface area contributed by atoms with Crippen molar-refractivity contribution in [2.45, 2.75) is 25.9 Å². The second kappa shape index (κ2) is 6.98. The maximum atomic E-state index is 5.72. The van der Waals surface area contributed by atoms with Crippen LogP contribution in [0.2, 0.25) is 0 Å². The second-order valence-corrected chi connectivity index (χ2v) is 3.65. The molecular weight excluding hydrogens is 178 g/mol. The zero-order valence-electron chi connectivity index (χ0n) is 9.05. The Morgan fingerprint density at radius 2 is 2.21 bits per heavy atom. The van der Waals surface area contributed by atoms with Gasteiger partial charge in [0.2, 0.25) is 0 Å². The van der Waals surface area contributed by atoms with Gasteiger partial charge in [-0.15, -0.1) is 0 Å². The molecule has 0 aliphatic carbocycles. The van der Waals surface area contributed by atoms with Crippen LogP contribution in [0.4, 0.5) is 0 Å². The lowest BCUT2D eigenvalue weighted by atomic mass is 10.1. The number of rotatable bonds is 6. The predicted octanol–water partition coefficient (Wildman–Crippen LogP) is 1.35. The van der Waals surface area contributed by atoms with Crippen molar-refractivity contribution in [2.24, 2.45) is 0 Å². The van der Waals surface area contributed by atoms with E-state index in [1.54, 1.807) is 0 Å². The zero-order chi connectivity index (χ0) is 10.2. The summed E-state index contributed by atoms with van der Waals surface area (Å²) < 4.78 is 11.0. The molecule has 3 nitrogen and oxygen atoms in total. The van der Waals surface area contributed by atoms with Crippen LogP contribution in [0.1, 0.15) is 19.8 Å². The Morgan fingerprint density at radius 1 is 1.50 bits per heavy atom. The van der Waals surface area contributed by atoms with Gasteiger partial charge < -0.3 is 14.8 Å². The summed E-state index contributed by atoms with van der Waals surface area (Å²) in [6.45, 7) is 10.2. The zero-order valence-corrected chi connectivity index (χ0v) is 9.05. The van der Waals surface area contributed by atoms with Gasteiger partial charge in [0, 0.05) is 19.8 Å². The first-order chi connectivity index (χ1) is 6.83. The lowest BCUT2D eigenvalue weighted by Crippen LogP contribution is -2.25. The number of hydrogen-bond donors (Lipinski definition) is 1. The molecule has 1 N–H and O–H groups in total. The van der Waals surface area contributed by atoms with E-state index in [-0.39, 0.29) is 0 Å². The summed E-state index contributed by atoms with van der Waals surface area (Å²) in [5.41, 5.74) is 1.12. The Kier molecular flexibility index (Phi) is 5.83. The fraction of sp³-hybridized carbons (Fsp3) is 0.818. The van der Waals surface area contributed by atoms with E-state index >= 15 is 0 Å². The number of hydrogen-bond acceptors (Lipinski definition) is 3. The first kappa shape index (κ1) is 11.7. The molecule has 82 valence electrons. The van der Waals surface area contributed by atoms with E-state index in [1.807, 2.05) is 0 Å². The van der Waals surface area contributed by atoms with E-state index < -0.39 is 0 Å². The Hall–Kier alpha value is -0.380. The molecule has 0 radical (unpaired) electrons. The number of ether oxygens (including phenoxy) is 2. The average molecular weight is 199 g/mol. The van der Waals surface area contributed by atoms with Crippen LogP contribution in [-0.2, 0) is 9.47 Å². The standard InChI is InChI=1S/C11H21NO2/c1-3-12-8-10(2)9-14-11-4-6-13-7-5-11/h11-12H,2-9H2,1H3. The minimum Gasteiger partial charge on any atom is -0.381 e. The van der Waals surface area contributed by atoms with Crippen LogP contribution in [0.25, 0.3) is 0 Å². The highest BCUT2D eigenvalue weighted by Crippen LogP contribution is 2.11. The highest BCUT2D eigenvalue weighted by molar-refractivity contribution is 4.96. The van der Waals surface area contributed by atoms with Gasteiger partial charge in [-0.2, -0.15) is 0 Å². The highest BCUT2D eigenvalue weighted by Gasteiger charge is 2.13. The lowest BCUT2D eigenvalue weighted by Gasteiger charge is -2.22. The highest BCUT2D eigenvalue weighted by atomic mass is 16.5. The Bertz CT molecular complexity index is 165. The maximum absolute atomic E-state index is 5.72. The van der Waals surface area contributed by atoms with Crippen molar-refractivity contribution < 1.29 is 9.47 Å². The quantitative estimate of drug-likeness (QED) is 0.655. The monoisotopic (exact) mass is 199 g/mol. The van der Waals surface area contributed by atoms with Crippen LogP contribution < -0.4 is 5.32 Å². The van der Waals surface area contributed by atoms with Gasteiger partial charge in [-0.05, 0) is 25.0 Å². The molecule has 0 amide bonds. The van der Waals surface area contributed by atoms with E-state index in [2.05, 4.69) is 18.8 Å². The molecule has 1 rings (SSSR count). The van der Waals surface area contributed by atoms with Crippen molar-refractivity contribution in [3.8, 4) is 0 Å². The maximum Gasteiger partial charge on any atom is 0.0690 e. The van der Waals surface area contributed by atoms with Gasteiger partial charge in [-0.3, -0.25) is 0 Å². The molecule has 0 bridgehead atoms. The van der Waals surface area contributed by atoms with Gasteiger partial charge in [0.05, 0.1) is 12.7 Å². The summed E-state index contributed by atoms with van der Waals surface area (Å²) in [5, 5.41) is 3.23. The fourth-order valence-electron chi connectivity index (χ4n) is 1.43. The lowest BCUT2D eigenvalue weighted by molar-refractivity contribution is -0.0244. The van der Waals surface area contributed by atoms with Crippen LogP contribution in [0.5, 0.6) is 0 Å². The van der Waals surface area contributed by atoms with Crippen LogP contribution >= 0.6 is 0 Å². The summed E-state index contributed by atoms with van der Waals surface area (Å²) in [6, 6.07) is 0. The Morgan fingerprint density at radius 3 is 2.86 bits per heavy atom. The molecule has 1 aliphatic heterocycles.